The second kappa shape index (κ2) is 6.36. The first-order chi connectivity index (χ1) is 11.2. The normalized spacial score (nSPS) is 10.3. The van der Waals surface area contributed by atoms with E-state index >= 15 is 0 Å². The van der Waals surface area contributed by atoms with Crippen molar-refractivity contribution < 1.29 is 4.79 Å². The van der Waals surface area contributed by atoms with Crippen LogP contribution in [0.3, 0.4) is 0 Å². The minimum atomic E-state index is -0.565. The summed E-state index contributed by atoms with van der Waals surface area (Å²) < 4.78 is 0. The van der Waals surface area contributed by atoms with E-state index in [1.165, 1.54) is 0 Å². The lowest BCUT2D eigenvalue weighted by molar-refractivity contribution is 0.259. The van der Waals surface area contributed by atoms with Gasteiger partial charge in [-0.2, -0.15) is 0 Å². The van der Waals surface area contributed by atoms with Crippen LogP contribution in [-0.4, -0.2) is 6.03 Å². The van der Waals surface area contributed by atoms with E-state index in [1.54, 1.807) is 0 Å². The topological polar surface area (TPSA) is 55.1 Å². The third-order valence-electron chi connectivity index (χ3n) is 3.81. The number of aryl methyl sites for hydroxylation is 1. The summed E-state index contributed by atoms with van der Waals surface area (Å²) in [5.74, 6) is 0. The molecule has 3 N–H and O–H groups in total. The predicted molar refractivity (Wildman–Crippen MR) is 95.3 cm³/mol. The fourth-order valence-corrected chi connectivity index (χ4v) is 2.79. The molecule has 114 valence electrons. The Morgan fingerprint density at radius 1 is 0.826 bits per heavy atom. The molecule has 3 aromatic carbocycles. The number of hydrogen-bond donors (Lipinski definition) is 2. The summed E-state index contributed by atoms with van der Waals surface area (Å²) in [6, 6.07) is 23.5. The summed E-state index contributed by atoms with van der Waals surface area (Å²) in [6.07, 6.45) is 0. The van der Waals surface area contributed by atoms with E-state index in [0.29, 0.717) is 0 Å². The highest BCUT2D eigenvalue weighted by Gasteiger charge is 2.15. The number of nitrogens with two attached hydrogens (primary N) is 1. The minimum absolute atomic E-state index is 0.565. The van der Waals surface area contributed by atoms with Gasteiger partial charge in [0, 0.05) is 11.1 Å². The SMILES string of the molecule is Cc1ccc(-c2ccccc2)c(NC(N)=O)c1-c1ccccc1. The van der Waals surface area contributed by atoms with Crippen molar-refractivity contribution in [2.75, 3.05) is 5.32 Å². The molecule has 0 fully saturated rings. The molecule has 23 heavy (non-hydrogen) atoms. The zero-order valence-electron chi connectivity index (χ0n) is 12.9. The van der Waals surface area contributed by atoms with Gasteiger partial charge in [-0.05, 0) is 23.6 Å². The van der Waals surface area contributed by atoms with E-state index < -0.39 is 6.03 Å². The van der Waals surface area contributed by atoms with E-state index in [0.717, 1.165) is 33.5 Å². The van der Waals surface area contributed by atoms with Crippen LogP contribution in [0.2, 0.25) is 0 Å². The van der Waals surface area contributed by atoms with Gasteiger partial charge < -0.3 is 11.1 Å². The molecule has 0 radical (unpaired) electrons. The molecule has 3 nitrogen and oxygen atoms in total. The molecular formula is C20H18N2O. The molecule has 0 aromatic heterocycles. The number of amides is 2. The molecule has 0 bridgehead atoms. The lowest BCUT2D eigenvalue weighted by atomic mass is 9.92. The molecule has 0 aliphatic carbocycles. The van der Waals surface area contributed by atoms with Crippen molar-refractivity contribution in [1.82, 2.24) is 0 Å². The van der Waals surface area contributed by atoms with Crippen molar-refractivity contribution in [3.63, 3.8) is 0 Å². The number of urea groups is 1. The summed E-state index contributed by atoms with van der Waals surface area (Å²) in [7, 11) is 0. The number of primary amides is 1. The first-order valence-corrected chi connectivity index (χ1v) is 7.47. The van der Waals surface area contributed by atoms with E-state index in [9.17, 15) is 4.79 Å². The van der Waals surface area contributed by atoms with E-state index in [1.807, 2.05) is 73.7 Å². The number of carbonyl (C=O) groups excluding carboxylic acids is 1. The van der Waals surface area contributed by atoms with Gasteiger partial charge in [-0.15, -0.1) is 0 Å². The van der Waals surface area contributed by atoms with Crippen LogP contribution in [0.4, 0.5) is 10.5 Å². The monoisotopic (exact) mass is 302 g/mol. The summed E-state index contributed by atoms with van der Waals surface area (Å²) >= 11 is 0. The molecule has 0 atom stereocenters. The van der Waals surface area contributed by atoms with Crippen LogP contribution in [-0.2, 0) is 0 Å². The fraction of sp³-hybridized carbons (Fsp3) is 0.0500. The quantitative estimate of drug-likeness (QED) is 0.716. The molecule has 2 amide bonds. The zero-order valence-corrected chi connectivity index (χ0v) is 12.9. The fourth-order valence-electron chi connectivity index (χ4n) is 2.79. The van der Waals surface area contributed by atoms with Crippen molar-refractivity contribution in [3.8, 4) is 22.3 Å². The van der Waals surface area contributed by atoms with Gasteiger partial charge in [-0.1, -0.05) is 72.8 Å². The maximum Gasteiger partial charge on any atom is 0.316 e. The Morgan fingerprint density at radius 3 is 1.96 bits per heavy atom. The van der Waals surface area contributed by atoms with Crippen LogP contribution in [0, 0.1) is 6.92 Å². The van der Waals surface area contributed by atoms with E-state index in [-0.39, 0.29) is 0 Å². The number of nitrogens with one attached hydrogen (secondary N) is 1. The van der Waals surface area contributed by atoms with Gasteiger partial charge in [0.15, 0.2) is 0 Å². The van der Waals surface area contributed by atoms with Crippen LogP contribution < -0.4 is 11.1 Å². The number of rotatable bonds is 3. The van der Waals surface area contributed by atoms with Crippen LogP contribution in [0.5, 0.6) is 0 Å². The van der Waals surface area contributed by atoms with Crippen LogP contribution in [0.1, 0.15) is 5.56 Å². The smallest absolute Gasteiger partial charge is 0.316 e. The molecule has 3 rings (SSSR count). The van der Waals surface area contributed by atoms with Crippen molar-refractivity contribution >= 4 is 11.7 Å². The molecule has 0 aliphatic heterocycles. The molecule has 0 heterocycles. The maximum atomic E-state index is 11.6. The molecule has 0 spiro atoms. The number of benzene rings is 3. The molecule has 3 aromatic rings. The van der Waals surface area contributed by atoms with Gasteiger partial charge in [0.1, 0.15) is 0 Å². The van der Waals surface area contributed by atoms with Crippen molar-refractivity contribution in [3.05, 3.63) is 78.4 Å². The molecule has 0 saturated heterocycles. The van der Waals surface area contributed by atoms with Crippen molar-refractivity contribution in [1.29, 1.82) is 0 Å². The first-order valence-electron chi connectivity index (χ1n) is 7.47. The Bertz CT molecular complexity index is 827. The summed E-state index contributed by atoms with van der Waals surface area (Å²) in [6.45, 7) is 2.03. The Hall–Kier alpha value is -3.07. The summed E-state index contributed by atoms with van der Waals surface area (Å²) in [5.41, 5.74) is 11.3. The van der Waals surface area contributed by atoms with Crippen LogP contribution >= 0.6 is 0 Å². The van der Waals surface area contributed by atoms with E-state index in [4.69, 9.17) is 5.73 Å². The van der Waals surface area contributed by atoms with Gasteiger partial charge in [-0.25, -0.2) is 4.79 Å². The zero-order chi connectivity index (χ0) is 16.2. The van der Waals surface area contributed by atoms with E-state index in [2.05, 4.69) is 11.4 Å². The van der Waals surface area contributed by atoms with Crippen molar-refractivity contribution in [2.45, 2.75) is 6.92 Å². The second-order valence-electron chi connectivity index (χ2n) is 5.40. The first kappa shape index (κ1) is 14.9. The lowest BCUT2D eigenvalue weighted by Crippen LogP contribution is -2.20. The van der Waals surface area contributed by atoms with Crippen LogP contribution in [0.15, 0.2) is 72.8 Å². The number of hydrogen-bond acceptors (Lipinski definition) is 1. The van der Waals surface area contributed by atoms with Crippen LogP contribution in [0.25, 0.3) is 22.3 Å². The average molecular weight is 302 g/mol. The molecule has 0 aliphatic rings. The average Bonchev–Trinajstić information content (AvgIpc) is 2.56. The third-order valence-corrected chi connectivity index (χ3v) is 3.81. The highest BCUT2D eigenvalue weighted by Crippen LogP contribution is 2.39. The summed E-state index contributed by atoms with van der Waals surface area (Å²) in [4.78, 5) is 11.6. The highest BCUT2D eigenvalue weighted by molar-refractivity contribution is 6.01. The van der Waals surface area contributed by atoms with Crippen molar-refractivity contribution in [2.24, 2.45) is 5.73 Å². The molecule has 3 heteroatoms. The number of anilines is 1. The Kier molecular flexibility index (Phi) is 4.11. The van der Waals surface area contributed by atoms with Gasteiger partial charge in [0.05, 0.1) is 5.69 Å². The molecular weight excluding hydrogens is 284 g/mol. The minimum Gasteiger partial charge on any atom is -0.351 e. The second-order valence-corrected chi connectivity index (χ2v) is 5.40. The molecule has 0 saturated carbocycles. The Morgan fingerprint density at radius 2 is 1.39 bits per heavy atom. The highest BCUT2D eigenvalue weighted by atomic mass is 16.2. The maximum absolute atomic E-state index is 11.6. The Balaban J connectivity index is 2.28. The van der Waals surface area contributed by atoms with Gasteiger partial charge in [0.25, 0.3) is 0 Å². The largest absolute Gasteiger partial charge is 0.351 e. The van der Waals surface area contributed by atoms with Gasteiger partial charge in [0.2, 0.25) is 0 Å². The Labute approximate surface area is 135 Å². The predicted octanol–water partition coefficient (Wildman–Crippen LogP) is 4.82. The third kappa shape index (κ3) is 3.09. The van der Waals surface area contributed by atoms with Gasteiger partial charge in [-0.3, -0.25) is 0 Å². The molecule has 0 unspecified atom stereocenters. The summed E-state index contributed by atoms with van der Waals surface area (Å²) in [5, 5.41) is 2.82. The lowest BCUT2D eigenvalue weighted by Gasteiger charge is -2.18. The standard InChI is InChI=1S/C20H18N2O/c1-14-12-13-17(15-8-4-2-5-9-15)19(22-20(21)23)18(14)16-10-6-3-7-11-16/h2-13H,1H3,(H3,21,22,23). The number of carbonyl (C=O) groups is 1. The van der Waals surface area contributed by atoms with Gasteiger partial charge >= 0.3 is 6.03 Å².